The van der Waals surface area contributed by atoms with E-state index in [0.717, 1.165) is 13.0 Å². The SMILES string of the molecule is CCOC(=O)C(CC)NCC(C)(C)c1cccs1. The molecule has 18 heavy (non-hydrogen) atoms. The molecule has 0 spiro atoms. The van der Waals surface area contributed by atoms with E-state index in [-0.39, 0.29) is 17.4 Å². The van der Waals surface area contributed by atoms with Gasteiger partial charge in [0.25, 0.3) is 0 Å². The maximum atomic E-state index is 11.7. The van der Waals surface area contributed by atoms with Gasteiger partial charge < -0.3 is 10.1 Å². The first-order valence-corrected chi connectivity index (χ1v) is 7.33. The molecular weight excluding hydrogens is 246 g/mol. The van der Waals surface area contributed by atoms with Gasteiger partial charge in [0.1, 0.15) is 6.04 Å². The monoisotopic (exact) mass is 269 g/mol. The Morgan fingerprint density at radius 3 is 2.72 bits per heavy atom. The molecule has 102 valence electrons. The molecular formula is C14H23NO2S. The normalized spacial score (nSPS) is 13.3. The van der Waals surface area contributed by atoms with Crippen LogP contribution < -0.4 is 5.32 Å². The fourth-order valence-corrected chi connectivity index (χ4v) is 2.62. The van der Waals surface area contributed by atoms with Crippen LogP contribution in [0.3, 0.4) is 0 Å². The minimum Gasteiger partial charge on any atom is -0.465 e. The Balaban J connectivity index is 2.55. The van der Waals surface area contributed by atoms with Crippen molar-refractivity contribution in [3.8, 4) is 0 Å². The van der Waals surface area contributed by atoms with Gasteiger partial charge >= 0.3 is 5.97 Å². The lowest BCUT2D eigenvalue weighted by Crippen LogP contribution is -2.43. The minimum atomic E-state index is -0.204. The first-order chi connectivity index (χ1) is 8.51. The Morgan fingerprint density at radius 2 is 2.22 bits per heavy atom. The molecule has 1 aromatic heterocycles. The average molecular weight is 269 g/mol. The van der Waals surface area contributed by atoms with Crippen LogP contribution in [0.4, 0.5) is 0 Å². The van der Waals surface area contributed by atoms with Crippen LogP contribution in [0.5, 0.6) is 0 Å². The molecule has 0 fully saturated rings. The summed E-state index contributed by atoms with van der Waals surface area (Å²) in [5, 5.41) is 5.40. The van der Waals surface area contributed by atoms with Crippen molar-refractivity contribution in [3.05, 3.63) is 22.4 Å². The second-order valence-corrected chi connectivity index (χ2v) is 5.90. The summed E-state index contributed by atoms with van der Waals surface area (Å²) in [4.78, 5) is 13.0. The lowest BCUT2D eigenvalue weighted by atomic mass is 9.91. The van der Waals surface area contributed by atoms with E-state index in [2.05, 4.69) is 36.7 Å². The van der Waals surface area contributed by atoms with Gasteiger partial charge in [-0.1, -0.05) is 26.8 Å². The van der Waals surface area contributed by atoms with Gasteiger partial charge in [0, 0.05) is 16.8 Å². The Bertz CT molecular complexity index is 360. The third kappa shape index (κ3) is 4.10. The van der Waals surface area contributed by atoms with E-state index in [1.165, 1.54) is 4.88 Å². The molecule has 3 nitrogen and oxygen atoms in total. The molecule has 1 heterocycles. The van der Waals surface area contributed by atoms with Gasteiger partial charge in [-0.3, -0.25) is 4.79 Å². The third-order valence-corrected chi connectivity index (χ3v) is 4.19. The summed E-state index contributed by atoms with van der Waals surface area (Å²) in [7, 11) is 0. The number of carbonyl (C=O) groups is 1. The summed E-state index contributed by atoms with van der Waals surface area (Å²) in [6.45, 7) is 9.40. The molecule has 0 aromatic carbocycles. The molecule has 0 aliphatic rings. The van der Waals surface area contributed by atoms with Crippen molar-refractivity contribution in [1.82, 2.24) is 5.32 Å². The minimum absolute atomic E-state index is 0.0358. The molecule has 1 unspecified atom stereocenters. The van der Waals surface area contributed by atoms with Crippen LogP contribution in [0.1, 0.15) is 39.0 Å². The fraction of sp³-hybridized carbons (Fsp3) is 0.643. The van der Waals surface area contributed by atoms with Crippen LogP contribution in [-0.2, 0) is 14.9 Å². The molecule has 1 rings (SSSR count). The van der Waals surface area contributed by atoms with E-state index in [9.17, 15) is 4.79 Å². The predicted molar refractivity (Wildman–Crippen MR) is 76.1 cm³/mol. The fourth-order valence-electron chi connectivity index (χ4n) is 1.77. The summed E-state index contributed by atoms with van der Waals surface area (Å²) >= 11 is 1.75. The van der Waals surface area contributed by atoms with E-state index in [1.54, 1.807) is 11.3 Å². The van der Waals surface area contributed by atoms with Gasteiger partial charge in [-0.25, -0.2) is 0 Å². The Kier molecular flexibility index (Phi) is 5.82. The van der Waals surface area contributed by atoms with Gasteiger partial charge in [-0.15, -0.1) is 11.3 Å². The molecule has 0 amide bonds. The molecule has 0 radical (unpaired) electrons. The van der Waals surface area contributed by atoms with Crippen molar-refractivity contribution in [1.29, 1.82) is 0 Å². The first kappa shape index (κ1) is 15.2. The van der Waals surface area contributed by atoms with Gasteiger partial charge in [0.15, 0.2) is 0 Å². The predicted octanol–water partition coefficient (Wildman–Crippen LogP) is 2.96. The average Bonchev–Trinajstić information content (AvgIpc) is 2.84. The number of nitrogens with one attached hydrogen (secondary N) is 1. The number of rotatable bonds is 7. The van der Waals surface area contributed by atoms with E-state index in [0.29, 0.717) is 6.61 Å². The first-order valence-electron chi connectivity index (χ1n) is 6.45. The second kappa shape index (κ2) is 6.90. The lowest BCUT2D eigenvalue weighted by molar-refractivity contribution is -0.145. The van der Waals surface area contributed by atoms with Crippen molar-refractivity contribution in [2.75, 3.05) is 13.2 Å². The number of hydrogen-bond donors (Lipinski definition) is 1. The molecule has 0 bridgehead atoms. The van der Waals surface area contributed by atoms with Crippen LogP contribution in [0, 0.1) is 0 Å². The van der Waals surface area contributed by atoms with Crippen LogP contribution in [0.25, 0.3) is 0 Å². The molecule has 0 saturated heterocycles. The quantitative estimate of drug-likeness (QED) is 0.773. The van der Waals surface area contributed by atoms with E-state index in [1.807, 2.05) is 13.8 Å². The van der Waals surface area contributed by atoms with Gasteiger partial charge in [-0.05, 0) is 24.8 Å². The van der Waals surface area contributed by atoms with Crippen LogP contribution in [0.2, 0.25) is 0 Å². The second-order valence-electron chi connectivity index (χ2n) is 4.95. The summed E-state index contributed by atoms with van der Waals surface area (Å²) in [5.41, 5.74) is 0.0358. The molecule has 0 aliphatic heterocycles. The molecule has 1 aromatic rings. The zero-order chi connectivity index (χ0) is 13.6. The maximum absolute atomic E-state index is 11.7. The smallest absolute Gasteiger partial charge is 0.323 e. The molecule has 0 saturated carbocycles. The van der Waals surface area contributed by atoms with Crippen molar-refractivity contribution in [2.45, 2.75) is 45.6 Å². The number of hydrogen-bond acceptors (Lipinski definition) is 4. The van der Waals surface area contributed by atoms with Crippen LogP contribution in [-0.4, -0.2) is 25.2 Å². The van der Waals surface area contributed by atoms with Crippen LogP contribution >= 0.6 is 11.3 Å². The third-order valence-electron chi connectivity index (χ3n) is 2.96. The summed E-state index contributed by atoms with van der Waals surface area (Å²) in [6.07, 6.45) is 0.749. The zero-order valence-electron chi connectivity index (χ0n) is 11.7. The van der Waals surface area contributed by atoms with E-state index in [4.69, 9.17) is 4.74 Å². The number of ether oxygens (including phenoxy) is 1. The number of esters is 1. The molecule has 1 N–H and O–H groups in total. The number of thiophene rings is 1. The molecule has 0 aliphatic carbocycles. The van der Waals surface area contributed by atoms with Crippen molar-refractivity contribution in [3.63, 3.8) is 0 Å². The van der Waals surface area contributed by atoms with Crippen molar-refractivity contribution < 1.29 is 9.53 Å². The summed E-state index contributed by atoms with van der Waals surface area (Å²) < 4.78 is 5.05. The van der Waals surface area contributed by atoms with Crippen LogP contribution in [0.15, 0.2) is 17.5 Å². The van der Waals surface area contributed by atoms with E-state index < -0.39 is 0 Å². The highest BCUT2D eigenvalue weighted by Gasteiger charge is 2.25. The summed E-state index contributed by atoms with van der Waals surface area (Å²) in [5.74, 6) is -0.151. The van der Waals surface area contributed by atoms with E-state index >= 15 is 0 Å². The Hall–Kier alpha value is -0.870. The largest absolute Gasteiger partial charge is 0.465 e. The molecule has 4 heteroatoms. The zero-order valence-corrected chi connectivity index (χ0v) is 12.5. The Morgan fingerprint density at radius 1 is 1.50 bits per heavy atom. The highest BCUT2D eigenvalue weighted by molar-refractivity contribution is 7.10. The number of carbonyl (C=O) groups excluding carboxylic acids is 1. The lowest BCUT2D eigenvalue weighted by Gasteiger charge is -2.26. The van der Waals surface area contributed by atoms with Gasteiger partial charge in [0.05, 0.1) is 6.61 Å². The molecule has 1 atom stereocenters. The van der Waals surface area contributed by atoms with Gasteiger partial charge in [-0.2, -0.15) is 0 Å². The summed E-state index contributed by atoms with van der Waals surface area (Å²) in [6, 6.07) is 3.99. The van der Waals surface area contributed by atoms with Crippen molar-refractivity contribution in [2.24, 2.45) is 0 Å². The van der Waals surface area contributed by atoms with Crippen molar-refractivity contribution >= 4 is 17.3 Å². The maximum Gasteiger partial charge on any atom is 0.323 e. The standard InChI is InChI=1S/C14H23NO2S/c1-5-11(13(16)17-6-2)15-10-14(3,4)12-8-7-9-18-12/h7-9,11,15H,5-6,10H2,1-4H3. The highest BCUT2D eigenvalue weighted by Crippen LogP contribution is 2.26. The Labute approximate surface area is 114 Å². The topological polar surface area (TPSA) is 38.3 Å². The van der Waals surface area contributed by atoms with Gasteiger partial charge in [0.2, 0.25) is 0 Å². The highest BCUT2D eigenvalue weighted by atomic mass is 32.1.